The molecule has 19 heavy (non-hydrogen) atoms. The molecule has 1 atom stereocenters. The largest absolute Gasteiger partial charge is 0.467 e. The van der Waals surface area contributed by atoms with Crippen molar-refractivity contribution in [3.8, 4) is 0 Å². The number of carbonyl (C=O) groups is 2. The molecule has 1 unspecified atom stereocenters. The number of aliphatic hydroxyl groups is 1. The first-order valence-electron chi connectivity index (χ1n) is 5.90. The Kier molecular flexibility index (Phi) is 5.50. The minimum atomic E-state index is -1.34. The van der Waals surface area contributed by atoms with Gasteiger partial charge in [-0.15, -0.1) is 0 Å². The van der Waals surface area contributed by atoms with E-state index >= 15 is 0 Å². The molecule has 1 heterocycles. The Morgan fingerprint density at radius 3 is 2.68 bits per heavy atom. The SMILES string of the molecule is COC(=O)C(O)CNC(=O)CCc1c(C)noc1C. The van der Waals surface area contributed by atoms with E-state index in [0.717, 1.165) is 11.3 Å². The Hall–Kier alpha value is -1.89. The van der Waals surface area contributed by atoms with Gasteiger partial charge in [0.05, 0.1) is 19.3 Å². The van der Waals surface area contributed by atoms with Gasteiger partial charge >= 0.3 is 5.97 Å². The Bertz CT molecular complexity index is 435. The maximum Gasteiger partial charge on any atom is 0.336 e. The molecule has 106 valence electrons. The van der Waals surface area contributed by atoms with Crippen LogP contribution >= 0.6 is 0 Å². The number of rotatable bonds is 6. The zero-order chi connectivity index (χ0) is 14.4. The first-order chi connectivity index (χ1) is 8.95. The topological polar surface area (TPSA) is 102 Å². The number of nitrogens with zero attached hydrogens (tertiary/aromatic N) is 1. The van der Waals surface area contributed by atoms with Crippen LogP contribution in [0.5, 0.6) is 0 Å². The summed E-state index contributed by atoms with van der Waals surface area (Å²) in [6.07, 6.45) is -0.606. The fourth-order valence-electron chi connectivity index (χ4n) is 1.62. The highest BCUT2D eigenvalue weighted by Crippen LogP contribution is 2.13. The van der Waals surface area contributed by atoms with Crippen molar-refractivity contribution in [2.75, 3.05) is 13.7 Å². The molecule has 0 aliphatic rings. The van der Waals surface area contributed by atoms with Gasteiger partial charge in [-0.2, -0.15) is 0 Å². The van der Waals surface area contributed by atoms with Crippen LogP contribution in [0.2, 0.25) is 0 Å². The molecule has 0 bridgehead atoms. The molecular formula is C12H18N2O5. The van der Waals surface area contributed by atoms with Gasteiger partial charge < -0.3 is 19.7 Å². The molecule has 0 saturated heterocycles. The highest BCUT2D eigenvalue weighted by atomic mass is 16.5. The van der Waals surface area contributed by atoms with Gasteiger partial charge in [-0.25, -0.2) is 4.79 Å². The zero-order valence-corrected chi connectivity index (χ0v) is 11.2. The molecule has 1 amide bonds. The number of carbonyl (C=O) groups excluding carboxylic acids is 2. The third-order valence-corrected chi connectivity index (χ3v) is 2.75. The monoisotopic (exact) mass is 270 g/mol. The number of hydrogen-bond acceptors (Lipinski definition) is 6. The number of aliphatic hydroxyl groups excluding tert-OH is 1. The number of aromatic nitrogens is 1. The predicted molar refractivity (Wildman–Crippen MR) is 65.3 cm³/mol. The summed E-state index contributed by atoms with van der Waals surface area (Å²) >= 11 is 0. The molecule has 0 radical (unpaired) electrons. The third-order valence-electron chi connectivity index (χ3n) is 2.75. The summed E-state index contributed by atoms with van der Waals surface area (Å²) in [7, 11) is 1.17. The van der Waals surface area contributed by atoms with Crippen LogP contribution in [-0.2, 0) is 20.7 Å². The summed E-state index contributed by atoms with van der Waals surface area (Å²) in [5.74, 6) is -0.339. The van der Waals surface area contributed by atoms with Gasteiger partial charge in [-0.3, -0.25) is 4.79 Å². The van der Waals surface area contributed by atoms with Crippen molar-refractivity contribution in [2.45, 2.75) is 32.8 Å². The highest BCUT2D eigenvalue weighted by molar-refractivity contribution is 5.78. The van der Waals surface area contributed by atoms with Crippen LogP contribution < -0.4 is 5.32 Å². The molecule has 0 spiro atoms. The molecule has 7 heteroatoms. The van der Waals surface area contributed by atoms with Crippen molar-refractivity contribution in [2.24, 2.45) is 0 Å². The highest BCUT2D eigenvalue weighted by Gasteiger charge is 2.16. The van der Waals surface area contributed by atoms with E-state index < -0.39 is 12.1 Å². The van der Waals surface area contributed by atoms with E-state index in [1.165, 1.54) is 7.11 Å². The predicted octanol–water partition coefficient (Wildman–Crippen LogP) is -0.126. The fourth-order valence-corrected chi connectivity index (χ4v) is 1.62. The maximum absolute atomic E-state index is 11.6. The van der Waals surface area contributed by atoms with Gasteiger partial charge in [0.25, 0.3) is 0 Å². The summed E-state index contributed by atoms with van der Waals surface area (Å²) in [5, 5.41) is 15.5. The second-order valence-corrected chi connectivity index (χ2v) is 4.15. The lowest BCUT2D eigenvalue weighted by Crippen LogP contribution is -2.37. The Morgan fingerprint density at radius 2 is 2.16 bits per heavy atom. The average molecular weight is 270 g/mol. The molecule has 1 rings (SSSR count). The van der Waals surface area contributed by atoms with Crippen molar-refractivity contribution >= 4 is 11.9 Å². The summed E-state index contributed by atoms with van der Waals surface area (Å²) in [6.45, 7) is 3.44. The number of methoxy groups -OCH3 is 1. The lowest BCUT2D eigenvalue weighted by molar-refractivity contribution is -0.150. The summed E-state index contributed by atoms with van der Waals surface area (Å²) in [4.78, 5) is 22.5. The first-order valence-corrected chi connectivity index (χ1v) is 5.90. The van der Waals surface area contributed by atoms with Crippen molar-refractivity contribution in [3.63, 3.8) is 0 Å². The Morgan fingerprint density at radius 1 is 1.47 bits per heavy atom. The summed E-state index contributed by atoms with van der Waals surface area (Å²) < 4.78 is 9.32. The molecule has 0 fully saturated rings. The first kappa shape index (κ1) is 15.2. The molecule has 0 aliphatic heterocycles. The van der Waals surface area contributed by atoms with Crippen LogP contribution in [0.25, 0.3) is 0 Å². The minimum Gasteiger partial charge on any atom is -0.467 e. The average Bonchev–Trinajstić information content (AvgIpc) is 2.72. The zero-order valence-electron chi connectivity index (χ0n) is 11.2. The van der Waals surface area contributed by atoms with Gasteiger partial charge in [-0.1, -0.05) is 5.16 Å². The number of amides is 1. The standard InChI is InChI=1S/C12H18N2O5/c1-7-9(8(2)19-14-7)4-5-11(16)13-6-10(15)12(17)18-3/h10,15H,4-6H2,1-3H3,(H,13,16). The quantitative estimate of drug-likeness (QED) is 0.698. The minimum absolute atomic E-state index is 0.160. The number of esters is 1. The van der Waals surface area contributed by atoms with E-state index in [1.54, 1.807) is 6.92 Å². The number of hydrogen-bond donors (Lipinski definition) is 2. The maximum atomic E-state index is 11.6. The molecule has 7 nitrogen and oxygen atoms in total. The second kappa shape index (κ2) is 6.89. The molecule has 0 aromatic carbocycles. The normalized spacial score (nSPS) is 12.0. The number of ether oxygens (including phenoxy) is 1. The Labute approximate surface area is 110 Å². The summed E-state index contributed by atoms with van der Waals surface area (Å²) in [6, 6.07) is 0. The molecule has 0 saturated carbocycles. The summed E-state index contributed by atoms with van der Waals surface area (Å²) in [5.41, 5.74) is 1.67. The molecular weight excluding hydrogens is 252 g/mol. The van der Waals surface area contributed by atoms with E-state index in [4.69, 9.17) is 4.52 Å². The van der Waals surface area contributed by atoms with Gasteiger partial charge in [0.15, 0.2) is 6.10 Å². The number of nitrogens with one attached hydrogen (secondary N) is 1. The van der Waals surface area contributed by atoms with Crippen molar-refractivity contribution in [1.82, 2.24) is 10.5 Å². The molecule has 1 aromatic heterocycles. The van der Waals surface area contributed by atoms with Gasteiger partial charge in [0.1, 0.15) is 5.76 Å². The molecule has 2 N–H and O–H groups in total. The van der Waals surface area contributed by atoms with E-state index in [2.05, 4.69) is 15.2 Å². The van der Waals surface area contributed by atoms with Crippen LogP contribution in [0.1, 0.15) is 23.4 Å². The van der Waals surface area contributed by atoms with Crippen LogP contribution in [-0.4, -0.2) is 41.9 Å². The van der Waals surface area contributed by atoms with Crippen LogP contribution in [0, 0.1) is 13.8 Å². The van der Waals surface area contributed by atoms with Crippen LogP contribution in [0.4, 0.5) is 0 Å². The van der Waals surface area contributed by atoms with E-state index in [1.807, 2.05) is 6.92 Å². The lowest BCUT2D eigenvalue weighted by atomic mass is 10.1. The smallest absolute Gasteiger partial charge is 0.336 e. The fraction of sp³-hybridized carbons (Fsp3) is 0.583. The lowest BCUT2D eigenvalue weighted by Gasteiger charge is -2.09. The van der Waals surface area contributed by atoms with Crippen LogP contribution in [0.15, 0.2) is 4.52 Å². The van der Waals surface area contributed by atoms with Gasteiger partial charge in [-0.05, 0) is 20.3 Å². The van der Waals surface area contributed by atoms with Crippen molar-refractivity contribution < 1.29 is 24.0 Å². The van der Waals surface area contributed by atoms with Crippen LogP contribution in [0.3, 0.4) is 0 Å². The van der Waals surface area contributed by atoms with E-state index in [9.17, 15) is 14.7 Å². The Balaban J connectivity index is 2.35. The van der Waals surface area contributed by atoms with Crippen molar-refractivity contribution in [1.29, 1.82) is 0 Å². The van der Waals surface area contributed by atoms with Gasteiger partial charge in [0.2, 0.25) is 5.91 Å². The molecule has 1 aromatic rings. The molecule has 0 aliphatic carbocycles. The number of aryl methyl sites for hydroxylation is 2. The van der Waals surface area contributed by atoms with Gasteiger partial charge in [0, 0.05) is 12.0 Å². The third kappa shape index (κ3) is 4.36. The van der Waals surface area contributed by atoms with E-state index in [0.29, 0.717) is 12.2 Å². The van der Waals surface area contributed by atoms with E-state index in [-0.39, 0.29) is 18.9 Å². The van der Waals surface area contributed by atoms with Crippen molar-refractivity contribution in [3.05, 3.63) is 17.0 Å². The second-order valence-electron chi connectivity index (χ2n) is 4.15.